The van der Waals surface area contributed by atoms with Gasteiger partial charge in [0.1, 0.15) is 0 Å². The third-order valence-corrected chi connectivity index (χ3v) is 2.86. The fraction of sp³-hybridized carbons (Fsp3) is 0.500. The molecule has 2 rings (SSSR count). The highest BCUT2D eigenvalue weighted by Gasteiger charge is 2.07. The van der Waals surface area contributed by atoms with Gasteiger partial charge in [0.25, 0.3) is 0 Å². The van der Waals surface area contributed by atoms with Crippen LogP contribution < -0.4 is 5.32 Å². The molecule has 0 atom stereocenters. The molecule has 0 bridgehead atoms. The van der Waals surface area contributed by atoms with Crippen molar-refractivity contribution in [2.45, 2.75) is 19.4 Å². The lowest BCUT2D eigenvalue weighted by molar-refractivity contribution is 0.667. The highest BCUT2D eigenvalue weighted by atomic mass is 32.1. The fourth-order valence-corrected chi connectivity index (χ4v) is 2.22. The van der Waals surface area contributed by atoms with E-state index in [1.165, 1.54) is 18.4 Å². The molecule has 1 aliphatic heterocycles. The second-order valence-electron chi connectivity index (χ2n) is 2.58. The van der Waals surface area contributed by atoms with Crippen molar-refractivity contribution in [1.29, 1.82) is 0 Å². The summed E-state index contributed by atoms with van der Waals surface area (Å²) >= 11 is 1.88. The molecule has 1 aliphatic rings. The predicted molar refractivity (Wildman–Crippen MR) is 43.3 cm³/mol. The van der Waals surface area contributed by atoms with Crippen LogP contribution in [-0.2, 0) is 13.0 Å². The van der Waals surface area contributed by atoms with E-state index in [-0.39, 0.29) is 0 Å². The smallest absolute Gasteiger partial charge is 0.0395 e. The van der Waals surface area contributed by atoms with Crippen molar-refractivity contribution in [1.82, 2.24) is 5.32 Å². The Morgan fingerprint density at radius 1 is 1.50 bits per heavy atom. The predicted octanol–water partition coefficient (Wildman–Crippen LogP) is 1.80. The molecule has 1 radical (unpaired) electrons. The van der Waals surface area contributed by atoms with Crippen LogP contribution in [-0.4, -0.2) is 6.54 Å². The van der Waals surface area contributed by atoms with Crippen LogP contribution in [0, 0.1) is 0 Å². The largest absolute Gasteiger partial charge is 0.237 e. The second-order valence-corrected chi connectivity index (χ2v) is 3.58. The molecule has 10 heavy (non-hydrogen) atoms. The summed E-state index contributed by atoms with van der Waals surface area (Å²) in [4.78, 5) is 1.56. The zero-order valence-corrected chi connectivity index (χ0v) is 6.66. The summed E-state index contributed by atoms with van der Waals surface area (Å²) < 4.78 is 0. The Morgan fingerprint density at radius 3 is 3.50 bits per heavy atom. The molecule has 0 aliphatic carbocycles. The molecule has 0 saturated carbocycles. The van der Waals surface area contributed by atoms with Crippen molar-refractivity contribution < 1.29 is 0 Å². The lowest BCUT2D eigenvalue weighted by Crippen LogP contribution is -2.02. The molecule has 0 amide bonds. The minimum Gasteiger partial charge on any atom is -0.237 e. The number of fused-ring (bicyclic) bond motifs is 1. The van der Waals surface area contributed by atoms with E-state index < -0.39 is 0 Å². The van der Waals surface area contributed by atoms with E-state index in [0.717, 1.165) is 13.1 Å². The standard InChI is InChI=1S/C8H10NS/c1-2-8-7(3-5-10-8)6-9-4-1/h3,5H,1-2,4,6H2. The van der Waals surface area contributed by atoms with E-state index >= 15 is 0 Å². The van der Waals surface area contributed by atoms with Crippen LogP contribution in [0.1, 0.15) is 16.9 Å². The minimum absolute atomic E-state index is 0.957. The highest BCUT2D eigenvalue weighted by molar-refractivity contribution is 7.10. The maximum absolute atomic E-state index is 4.39. The van der Waals surface area contributed by atoms with Crippen LogP contribution >= 0.6 is 11.3 Å². The molecular weight excluding hydrogens is 142 g/mol. The summed E-state index contributed by atoms with van der Waals surface area (Å²) in [5, 5.41) is 6.56. The van der Waals surface area contributed by atoms with Gasteiger partial charge in [-0.05, 0) is 29.9 Å². The summed E-state index contributed by atoms with van der Waals surface area (Å²) in [6.07, 6.45) is 2.49. The van der Waals surface area contributed by atoms with Crippen molar-refractivity contribution in [3.05, 3.63) is 21.9 Å². The van der Waals surface area contributed by atoms with Gasteiger partial charge in [-0.15, -0.1) is 11.3 Å². The Labute approximate surface area is 65.1 Å². The van der Waals surface area contributed by atoms with Crippen molar-refractivity contribution in [2.75, 3.05) is 6.54 Å². The van der Waals surface area contributed by atoms with Crippen LogP contribution in [0.5, 0.6) is 0 Å². The summed E-state index contributed by atoms with van der Waals surface area (Å²) in [6.45, 7) is 2.01. The van der Waals surface area contributed by atoms with Gasteiger partial charge < -0.3 is 0 Å². The topological polar surface area (TPSA) is 14.1 Å². The first-order chi connectivity index (χ1) is 4.97. The van der Waals surface area contributed by atoms with Gasteiger partial charge in [0.2, 0.25) is 0 Å². The molecule has 2 heterocycles. The number of hydrogen-bond acceptors (Lipinski definition) is 1. The second kappa shape index (κ2) is 2.72. The number of rotatable bonds is 0. The lowest BCUT2D eigenvalue weighted by atomic mass is 10.2. The summed E-state index contributed by atoms with van der Waals surface area (Å²) in [5.74, 6) is 0. The molecule has 0 unspecified atom stereocenters. The third-order valence-electron chi connectivity index (χ3n) is 1.84. The van der Waals surface area contributed by atoms with Gasteiger partial charge in [-0.25, -0.2) is 5.32 Å². The van der Waals surface area contributed by atoms with Crippen LogP contribution in [0.4, 0.5) is 0 Å². The molecule has 2 heteroatoms. The first-order valence-corrected chi connectivity index (χ1v) is 4.53. The average molecular weight is 152 g/mol. The average Bonchev–Trinajstić information content (AvgIpc) is 2.28. The Hall–Kier alpha value is -0.340. The molecule has 0 N–H and O–H groups in total. The van der Waals surface area contributed by atoms with E-state index in [0.29, 0.717) is 0 Å². The van der Waals surface area contributed by atoms with Crippen LogP contribution in [0.15, 0.2) is 11.4 Å². The normalized spacial score (nSPS) is 18.0. The minimum atomic E-state index is 0.957. The number of nitrogens with zero attached hydrogens (tertiary/aromatic N) is 1. The maximum atomic E-state index is 4.39. The van der Waals surface area contributed by atoms with Crippen molar-refractivity contribution in [3.63, 3.8) is 0 Å². The van der Waals surface area contributed by atoms with Gasteiger partial charge in [-0.2, -0.15) is 0 Å². The van der Waals surface area contributed by atoms with E-state index in [1.54, 1.807) is 4.88 Å². The van der Waals surface area contributed by atoms with Crippen molar-refractivity contribution in [2.24, 2.45) is 0 Å². The number of thiophene rings is 1. The molecule has 1 aromatic heterocycles. The molecule has 0 aromatic carbocycles. The fourth-order valence-electron chi connectivity index (χ4n) is 1.28. The highest BCUT2D eigenvalue weighted by Crippen LogP contribution is 2.20. The molecule has 0 fully saturated rings. The molecule has 53 valence electrons. The number of aryl methyl sites for hydroxylation is 1. The zero-order chi connectivity index (χ0) is 6.81. The molecule has 0 saturated heterocycles. The lowest BCUT2D eigenvalue weighted by Gasteiger charge is -1.92. The Kier molecular flexibility index (Phi) is 1.74. The Bertz CT molecular complexity index is 196. The Morgan fingerprint density at radius 2 is 2.50 bits per heavy atom. The zero-order valence-electron chi connectivity index (χ0n) is 5.84. The van der Waals surface area contributed by atoms with Crippen LogP contribution in [0.25, 0.3) is 0 Å². The van der Waals surface area contributed by atoms with E-state index in [2.05, 4.69) is 16.8 Å². The maximum Gasteiger partial charge on any atom is 0.0395 e. The van der Waals surface area contributed by atoms with Gasteiger partial charge in [-0.3, -0.25) is 0 Å². The summed E-state index contributed by atoms with van der Waals surface area (Å²) in [5.41, 5.74) is 1.46. The molecule has 1 aromatic rings. The molecular formula is C8H10NS. The monoisotopic (exact) mass is 152 g/mol. The van der Waals surface area contributed by atoms with Gasteiger partial charge in [0, 0.05) is 18.0 Å². The molecule has 0 spiro atoms. The van der Waals surface area contributed by atoms with Crippen LogP contribution in [0.3, 0.4) is 0 Å². The molecule has 1 nitrogen and oxygen atoms in total. The quantitative estimate of drug-likeness (QED) is 0.538. The third kappa shape index (κ3) is 1.09. The first-order valence-electron chi connectivity index (χ1n) is 3.65. The van der Waals surface area contributed by atoms with Gasteiger partial charge in [-0.1, -0.05) is 0 Å². The van der Waals surface area contributed by atoms with Crippen molar-refractivity contribution in [3.8, 4) is 0 Å². The SMILES string of the molecule is c1cc2c(s1)CCC[N]C2. The summed E-state index contributed by atoms with van der Waals surface area (Å²) in [6, 6.07) is 2.20. The number of hydrogen-bond donors (Lipinski definition) is 0. The van der Waals surface area contributed by atoms with Gasteiger partial charge >= 0.3 is 0 Å². The Balaban J connectivity index is 2.28. The van der Waals surface area contributed by atoms with E-state index in [1.807, 2.05) is 11.3 Å². The van der Waals surface area contributed by atoms with Gasteiger partial charge in [0.15, 0.2) is 0 Å². The summed E-state index contributed by atoms with van der Waals surface area (Å²) in [7, 11) is 0. The van der Waals surface area contributed by atoms with E-state index in [4.69, 9.17) is 0 Å². The first kappa shape index (κ1) is 6.38. The van der Waals surface area contributed by atoms with Gasteiger partial charge in [0.05, 0.1) is 0 Å². The van der Waals surface area contributed by atoms with Crippen LogP contribution in [0.2, 0.25) is 0 Å². The van der Waals surface area contributed by atoms with E-state index in [9.17, 15) is 0 Å². The van der Waals surface area contributed by atoms with Crippen molar-refractivity contribution >= 4 is 11.3 Å².